The van der Waals surface area contributed by atoms with Crippen LogP contribution in [0.15, 0.2) is 0 Å². The minimum absolute atomic E-state index is 0.198. The number of hydrogen-bond donors (Lipinski definition) is 1. The summed E-state index contributed by atoms with van der Waals surface area (Å²) < 4.78 is 1.94. The Hall–Kier alpha value is -0.660. The molecule has 1 atom stereocenters. The fourth-order valence-corrected chi connectivity index (χ4v) is 3.22. The van der Waals surface area contributed by atoms with Crippen LogP contribution in [0.3, 0.4) is 0 Å². The second kappa shape index (κ2) is 7.95. The molecule has 0 aliphatic carbocycles. The van der Waals surface area contributed by atoms with Crippen LogP contribution in [0.5, 0.6) is 0 Å². The van der Waals surface area contributed by atoms with Crippen molar-refractivity contribution in [2.75, 3.05) is 37.7 Å². The lowest BCUT2D eigenvalue weighted by Gasteiger charge is -2.26. The zero-order chi connectivity index (χ0) is 14.4. The molecular weight excluding hydrogens is 272 g/mol. The Balaban J connectivity index is 1.84. The molecule has 2 heterocycles. The highest BCUT2D eigenvalue weighted by molar-refractivity contribution is 7.99. The van der Waals surface area contributed by atoms with Crippen LogP contribution in [0.4, 0.5) is 0 Å². The lowest BCUT2D eigenvalue weighted by Crippen LogP contribution is -2.36. The average molecular weight is 298 g/mol. The summed E-state index contributed by atoms with van der Waals surface area (Å²) in [5.41, 5.74) is 0. The van der Waals surface area contributed by atoms with Gasteiger partial charge < -0.3 is 5.32 Å². The number of nitrogens with zero attached hydrogens (tertiary/aromatic N) is 5. The van der Waals surface area contributed by atoms with Gasteiger partial charge in [-0.2, -0.15) is 11.8 Å². The van der Waals surface area contributed by atoms with E-state index in [-0.39, 0.29) is 6.04 Å². The maximum Gasteiger partial charge on any atom is 0.167 e. The molecule has 1 fully saturated rings. The molecule has 1 aromatic rings. The molecule has 0 radical (unpaired) electrons. The quantitative estimate of drug-likeness (QED) is 0.811. The third-order valence-electron chi connectivity index (χ3n) is 3.51. The van der Waals surface area contributed by atoms with Gasteiger partial charge in [-0.15, -0.1) is 5.10 Å². The molecule has 0 bridgehead atoms. The van der Waals surface area contributed by atoms with E-state index in [1.165, 1.54) is 24.6 Å². The number of hydrogen-bond acceptors (Lipinski definition) is 6. The second-order valence-electron chi connectivity index (χ2n) is 5.74. The molecule has 1 N–H and O–H groups in total. The molecule has 0 amide bonds. The SMILES string of the molecule is CC(C)CNC(C)c1nnnn1CCN1CCSCC1. The molecule has 1 aliphatic heterocycles. The Morgan fingerprint density at radius 1 is 1.20 bits per heavy atom. The van der Waals surface area contributed by atoms with E-state index >= 15 is 0 Å². The number of aromatic nitrogens is 4. The van der Waals surface area contributed by atoms with Gasteiger partial charge in [-0.25, -0.2) is 4.68 Å². The Morgan fingerprint density at radius 2 is 1.95 bits per heavy atom. The monoisotopic (exact) mass is 298 g/mol. The highest BCUT2D eigenvalue weighted by Crippen LogP contribution is 2.11. The number of nitrogens with one attached hydrogen (secondary N) is 1. The first-order valence-electron chi connectivity index (χ1n) is 7.46. The molecule has 1 aromatic heterocycles. The summed E-state index contributed by atoms with van der Waals surface area (Å²) in [6, 6.07) is 0.198. The third-order valence-corrected chi connectivity index (χ3v) is 4.45. The van der Waals surface area contributed by atoms with Crippen molar-refractivity contribution in [3.8, 4) is 0 Å². The number of rotatable bonds is 7. The van der Waals surface area contributed by atoms with E-state index in [0.29, 0.717) is 5.92 Å². The van der Waals surface area contributed by atoms with Crippen molar-refractivity contribution in [1.29, 1.82) is 0 Å². The predicted molar refractivity (Wildman–Crippen MR) is 82.8 cm³/mol. The fraction of sp³-hybridized carbons (Fsp3) is 0.923. The number of tetrazole rings is 1. The van der Waals surface area contributed by atoms with Gasteiger partial charge in [-0.1, -0.05) is 13.8 Å². The van der Waals surface area contributed by atoms with Gasteiger partial charge in [0, 0.05) is 31.1 Å². The molecule has 7 heteroatoms. The van der Waals surface area contributed by atoms with Crippen LogP contribution in [-0.4, -0.2) is 62.8 Å². The van der Waals surface area contributed by atoms with Gasteiger partial charge in [-0.3, -0.25) is 4.90 Å². The normalized spacial score (nSPS) is 18.6. The van der Waals surface area contributed by atoms with Crippen molar-refractivity contribution in [2.45, 2.75) is 33.4 Å². The molecule has 6 nitrogen and oxygen atoms in total. The molecule has 114 valence electrons. The summed E-state index contributed by atoms with van der Waals surface area (Å²) in [6.45, 7) is 11.8. The van der Waals surface area contributed by atoms with Crippen LogP contribution in [0, 0.1) is 5.92 Å². The Kier molecular flexibility index (Phi) is 6.25. The summed E-state index contributed by atoms with van der Waals surface area (Å²) in [4.78, 5) is 2.49. The molecule has 1 saturated heterocycles. The van der Waals surface area contributed by atoms with Crippen LogP contribution in [0.1, 0.15) is 32.6 Å². The first-order valence-corrected chi connectivity index (χ1v) is 8.62. The maximum atomic E-state index is 4.17. The highest BCUT2D eigenvalue weighted by Gasteiger charge is 2.16. The van der Waals surface area contributed by atoms with E-state index < -0.39 is 0 Å². The lowest BCUT2D eigenvalue weighted by molar-refractivity contribution is 0.279. The molecule has 1 aliphatic rings. The Labute approximate surface area is 125 Å². The second-order valence-corrected chi connectivity index (χ2v) is 6.96. The molecule has 0 saturated carbocycles. The van der Waals surface area contributed by atoms with Crippen molar-refractivity contribution in [2.24, 2.45) is 5.92 Å². The molecule has 0 aromatic carbocycles. The van der Waals surface area contributed by atoms with Crippen molar-refractivity contribution in [3.63, 3.8) is 0 Å². The zero-order valence-corrected chi connectivity index (χ0v) is 13.6. The van der Waals surface area contributed by atoms with Gasteiger partial charge in [0.1, 0.15) is 0 Å². The minimum atomic E-state index is 0.198. The minimum Gasteiger partial charge on any atom is -0.307 e. The maximum absolute atomic E-state index is 4.17. The van der Waals surface area contributed by atoms with Crippen LogP contribution < -0.4 is 5.32 Å². The van der Waals surface area contributed by atoms with E-state index in [1.807, 2.05) is 16.4 Å². The van der Waals surface area contributed by atoms with Crippen LogP contribution in [-0.2, 0) is 6.54 Å². The van der Waals surface area contributed by atoms with Gasteiger partial charge in [-0.05, 0) is 29.8 Å². The van der Waals surface area contributed by atoms with E-state index in [4.69, 9.17) is 0 Å². The zero-order valence-electron chi connectivity index (χ0n) is 12.7. The summed E-state index contributed by atoms with van der Waals surface area (Å²) in [6.07, 6.45) is 0. The lowest BCUT2D eigenvalue weighted by atomic mass is 10.2. The standard InChI is InChI=1S/C13H26N6S/c1-11(2)10-14-12(3)13-15-16-17-19(13)5-4-18-6-8-20-9-7-18/h11-12,14H,4-10H2,1-3H3. The summed E-state index contributed by atoms with van der Waals surface area (Å²) in [5, 5.41) is 15.6. The molecule has 1 unspecified atom stereocenters. The fourth-order valence-electron chi connectivity index (χ4n) is 2.25. The van der Waals surface area contributed by atoms with Crippen molar-refractivity contribution in [1.82, 2.24) is 30.4 Å². The summed E-state index contributed by atoms with van der Waals surface area (Å²) in [7, 11) is 0. The van der Waals surface area contributed by atoms with Gasteiger partial charge in [0.15, 0.2) is 5.82 Å². The van der Waals surface area contributed by atoms with Crippen LogP contribution >= 0.6 is 11.8 Å². The largest absolute Gasteiger partial charge is 0.307 e. The molecule has 20 heavy (non-hydrogen) atoms. The van der Waals surface area contributed by atoms with Gasteiger partial charge in [0.25, 0.3) is 0 Å². The van der Waals surface area contributed by atoms with Gasteiger partial charge in [0.2, 0.25) is 0 Å². The van der Waals surface area contributed by atoms with E-state index in [1.54, 1.807) is 0 Å². The van der Waals surface area contributed by atoms with Crippen molar-refractivity contribution in [3.05, 3.63) is 5.82 Å². The molecule has 0 spiro atoms. The van der Waals surface area contributed by atoms with E-state index in [9.17, 15) is 0 Å². The first kappa shape index (κ1) is 15.7. The average Bonchev–Trinajstić information content (AvgIpc) is 2.92. The topological polar surface area (TPSA) is 58.9 Å². The molecule has 2 rings (SSSR count). The predicted octanol–water partition coefficient (Wildman–Crippen LogP) is 1.03. The smallest absolute Gasteiger partial charge is 0.167 e. The van der Waals surface area contributed by atoms with Crippen molar-refractivity contribution < 1.29 is 0 Å². The van der Waals surface area contributed by atoms with Crippen molar-refractivity contribution >= 4 is 11.8 Å². The van der Waals surface area contributed by atoms with Crippen LogP contribution in [0.25, 0.3) is 0 Å². The van der Waals surface area contributed by atoms with Crippen LogP contribution in [0.2, 0.25) is 0 Å². The highest BCUT2D eigenvalue weighted by atomic mass is 32.2. The third kappa shape index (κ3) is 4.71. The van der Waals surface area contributed by atoms with E-state index in [0.717, 1.165) is 25.5 Å². The van der Waals surface area contributed by atoms with Gasteiger partial charge >= 0.3 is 0 Å². The summed E-state index contributed by atoms with van der Waals surface area (Å²) in [5.74, 6) is 4.06. The molecular formula is C13H26N6S. The van der Waals surface area contributed by atoms with E-state index in [2.05, 4.69) is 46.5 Å². The number of thioether (sulfide) groups is 1. The Morgan fingerprint density at radius 3 is 2.65 bits per heavy atom. The summed E-state index contributed by atoms with van der Waals surface area (Å²) >= 11 is 2.04. The first-order chi connectivity index (χ1) is 9.66. The van der Waals surface area contributed by atoms with Gasteiger partial charge in [0.05, 0.1) is 12.6 Å². The Bertz CT molecular complexity index is 388.